The maximum atomic E-state index is 5.98. The zero-order valence-corrected chi connectivity index (χ0v) is 12.4. The summed E-state index contributed by atoms with van der Waals surface area (Å²) >= 11 is 0. The first kappa shape index (κ1) is 15.0. The molecule has 102 valence electrons. The Morgan fingerprint density at radius 2 is 1.78 bits per heavy atom. The minimum Gasteiger partial charge on any atom is -0.490 e. The molecule has 2 heteroatoms. The number of para-hydroxylation sites is 1. The molecule has 1 N–H and O–H groups in total. The third kappa shape index (κ3) is 4.69. The minimum atomic E-state index is 0.267. The van der Waals surface area contributed by atoms with Crippen LogP contribution in [0.25, 0.3) is 0 Å². The molecule has 18 heavy (non-hydrogen) atoms. The molecule has 1 aromatic carbocycles. The molecule has 0 saturated carbocycles. The Morgan fingerprint density at radius 1 is 1.11 bits per heavy atom. The predicted molar refractivity (Wildman–Crippen MR) is 78.1 cm³/mol. The normalized spacial score (nSPS) is 14.6. The van der Waals surface area contributed by atoms with Crippen LogP contribution in [-0.4, -0.2) is 12.6 Å². The number of benzene rings is 1. The van der Waals surface area contributed by atoms with E-state index in [0.717, 1.165) is 18.7 Å². The van der Waals surface area contributed by atoms with Crippen LogP contribution in [0.15, 0.2) is 24.3 Å². The second-order valence-corrected chi connectivity index (χ2v) is 5.40. The Kier molecular flexibility index (Phi) is 6.20. The molecule has 0 aliphatic carbocycles. The summed E-state index contributed by atoms with van der Waals surface area (Å²) in [6.45, 7) is 11.9. The van der Waals surface area contributed by atoms with Gasteiger partial charge in [0.15, 0.2) is 0 Å². The molecule has 0 aliphatic rings. The summed E-state index contributed by atoms with van der Waals surface area (Å²) in [4.78, 5) is 0. The zero-order valence-electron chi connectivity index (χ0n) is 12.4. The minimum absolute atomic E-state index is 0.267. The van der Waals surface area contributed by atoms with Crippen LogP contribution in [0.4, 0.5) is 0 Å². The first-order valence-corrected chi connectivity index (χ1v) is 7.03. The summed E-state index contributed by atoms with van der Waals surface area (Å²) in [5, 5.41) is 3.55. The van der Waals surface area contributed by atoms with Gasteiger partial charge in [0.25, 0.3) is 0 Å². The summed E-state index contributed by atoms with van der Waals surface area (Å²) in [7, 11) is 0. The van der Waals surface area contributed by atoms with Gasteiger partial charge in [0.2, 0.25) is 0 Å². The fourth-order valence-electron chi connectivity index (χ4n) is 1.77. The summed E-state index contributed by atoms with van der Waals surface area (Å²) in [6.07, 6.45) is 1.30. The number of nitrogens with one attached hydrogen (secondary N) is 1. The standard InChI is InChI=1S/C16H27NO/c1-6-13(4)18-16-10-8-7-9-15(16)14(5)17-11-12(2)3/h7-10,12-14,17H,6,11H2,1-5H3/t13-,14+/m1/s1. The van der Waals surface area contributed by atoms with Crippen molar-refractivity contribution in [1.29, 1.82) is 0 Å². The van der Waals surface area contributed by atoms with Crippen LogP contribution in [0.2, 0.25) is 0 Å². The average Bonchev–Trinajstić information content (AvgIpc) is 2.36. The molecule has 2 atom stereocenters. The maximum Gasteiger partial charge on any atom is 0.124 e. The van der Waals surface area contributed by atoms with Crippen molar-refractivity contribution >= 4 is 0 Å². The lowest BCUT2D eigenvalue weighted by atomic mass is 10.1. The summed E-state index contributed by atoms with van der Waals surface area (Å²) in [5.41, 5.74) is 1.25. The van der Waals surface area contributed by atoms with Crippen molar-refractivity contribution in [2.45, 2.75) is 53.2 Å². The summed E-state index contributed by atoms with van der Waals surface area (Å²) in [6, 6.07) is 8.65. The van der Waals surface area contributed by atoms with Crippen molar-refractivity contribution in [3.05, 3.63) is 29.8 Å². The molecule has 0 spiro atoms. The van der Waals surface area contributed by atoms with Gasteiger partial charge in [-0.05, 0) is 38.8 Å². The van der Waals surface area contributed by atoms with E-state index in [-0.39, 0.29) is 6.10 Å². The molecule has 1 aromatic rings. The first-order chi connectivity index (χ1) is 8.54. The molecule has 0 unspecified atom stereocenters. The van der Waals surface area contributed by atoms with Crippen molar-refractivity contribution in [3.8, 4) is 5.75 Å². The van der Waals surface area contributed by atoms with Crippen LogP contribution in [0.1, 0.15) is 52.6 Å². The molecular formula is C16H27NO. The van der Waals surface area contributed by atoms with E-state index in [9.17, 15) is 0 Å². The predicted octanol–water partition coefficient (Wildman–Crippen LogP) is 4.17. The Hall–Kier alpha value is -1.02. The van der Waals surface area contributed by atoms with E-state index in [2.05, 4.69) is 58.1 Å². The van der Waals surface area contributed by atoms with E-state index in [4.69, 9.17) is 4.74 Å². The molecule has 0 aromatic heterocycles. The van der Waals surface area contributed by atoms with Crippen molar-refractivity contribution in [2.24, 2.45) is 5.92 Å². The lowest BCUT2D eigenvalue weighted by Crippen LogP contribution is -2.24. The van der Waals surface area contributed by atoms with E-state index in [0.29, 0.717) is 12.0 Å². The maximum absolute atomic E-state index is 5.98. The van der Waals surface area contributed by atoms with Crippen LogP contribution >= 0.6 is 0 Å². The number of rotatable bonds is 7. The second-order valence-electron chi connectivity index (χ2n) is 5.40. The molecule has 0 fully saturated rings. The molecule has 0 saturated heterocycles. The van der Waals surface area contributed by atoms with E-state index in [1.54, 1.807) is 0 Å². The quantitative estimate of drug-likeness (QED) is 0.783. The third-order valence-corrected chi connectivity index (χ3v) is 3.12. The lowest BCUT2D eigenvalue weighted by molar-refractivity contribution is 0.213. The highest BCUT2D eigenvalue weighted by Gasteiger charge is 2.12. The van der Waals surface area contributed by atoms with Crippen LogP contribution in [0.5, 0.6) is 5.75 Å². The van der Waals surface area contributed by atoms with Crippen molar-refractivity contribution in [2.75, 3.05) is 6.54 Å². The molecular weight excluding hydrogens is 222 g/mol. The van der Waals surface area contributed by atoms with Gasteiger partial charge in [-0.2, -0.15) is 0 Å². The Bertz CT molecular complexity index is 349. The number of hydrogen-bond donors (Lipinski definition) is 1. The lowest BCUT2D eigenvalue weighted by Gasteiger charge is -2.21. The molecule has 0 heterocycles. The number of ether oxygens (including phenoxy) is 1. The monoisotopic (exact) mass is 249 g/mol. The summed E-state index contributed by atoms with van der Waals surface area (Å²) < 4.78 is 5.98. The second kappa shape index (κ2) is 7.42. The third-order valence-electron chi connectivity index (χ3n) is 3.12. The van der Waals surface area contributed by atoms with Crippen LogP contribution in [-0.2, 0) is 0 Å². The Morgan fingerprint density at radius 3 is 2.39 bits per heavy atom. The highest BCUT2D eigenvalue weighted by Crippen LogP contribution is 2.26. The van der Waals surface area contributed by atoms with Gasteiger partial charge in [0.1, 0.15) is 5.75 Å². The van der Waals surface area contributed by atoms with Gasteiger partial charge < -0.3 is 10.1 Å². The van der Waals surface area contributed by atoms with Gasteiger partial charge >= 0.3 is 0 Å². The van der Waals surface area contributed by atoms with E-state index in [1.165, 1.54) is 5.56 Å². The SMILES string of the molecule is CC[C@@H](C)Oc1ccccc1[C@H](C)NCC(C)C. The largest absolute Gasteiger partial charge is 0.490 e. The average molecular weight is 249 g/mol. The van der Waals surface area contributed by atoms with Crippen LogP contribution in [0, 0.1) is 5.92 Å². The Balaban J connectivity index is 2.74. The van der Waals surface area contributed by atoms with E-state index in [1.807, 2.05) is 6.07 Å². The molecule has 1 rings (SSSR count). The van der Waals surface area contributed by atoms with Crippen LogP contribution in [0.3, 0.4) is 0 Å². The van der Waals surface area contributed by atoms with Crippen molar-refractivity contribution in [3.63, 3.8) is 0 Å². The molecule has 0 bridgehead atoms. The molecule has 0 aliphatic heterocycles. The molecule has 0 amide bonds. The number of hydrogen-bond acceptors (Lipinski definition) is 2. The first-order valence-electron chi connectivity index (χ1n) is 7.03. The highest BCUT2D eigenvalue weighted by atomic mass is 16.5. The molecule has 2 nitrogen and oxygen atoms in total. The van der Waals surface area contributed by atoms with E-state index < -0.39 is 0 Å². The molecule has 0 radical (unpaired) electrons. The van der Waals surface area contributed by atoms with Gasteiger partial charge in [-0.3, -0.25) is 0 Å². The Labute approximate surface area is 112 Å². The van der Waals surface area contributed by atoms with Crippen molar-refractivity contribution in [1.82, 2.24) is 5.32 Å². The van der Waals surface area contributed by atoms with Gasteiger partial charge in [-0.25, -0.2) is 0 Å². The fourth-order valence-corrected chi connectivity index (χ4v) is 1.77. The fraction of sp³-hybridized carbons (Fsp3) is 0.625. The van der Waals surface area contributed by atoms with Crippen molar-refractivity contribution < 1.29 is 4.74 Å². The van der Waals surface area contributed by atoms with Crippen LogP contribution < -0.4 is 10.1 Å². The van der Waals surface area contributed by atoms with Gasteiger partial charge in [0, 0.05) is 11.6 Å². The van der Waals surface area contributed by atoms with Gasteiger partial charge in [-0.15, -0.1) is 0 Å². The van der Waals surface area contributed by atoms with E-state index >= 15 is 0 Å². The van der Waals surface area contributed by atoms with Gasteiger partial charge in [0.05, 0.1) is 6.10 Å². The summed E-state index contributed by atoms with van der Waals surface area (Å²) in [5.74, 6) is 1.67. The highest BCUT2D eigenvalue weighted by molar-refractivity contribution is 5.35. The zero-order chi connectivity index (χ0) is 13.5. The van der Waals surface area contributed by atoms with Gasteiger partial charge in [-0.1, -0.05) is 39.0 Å². The topological polar surface area (TPSA) is 21.3 Å². The smallest absolute Gasteiger partial charge is 0.124 e.